The van der Waals surface area contributed by atoms with Crippen LogP contribution in [0.2, 0.25) is 0 Å². The summed E-state index contributed by atoms with van der Waals surface area (Å²) < 4.78 is 54.9. The summed E-state index contributed by atoms with van der Waals surface area (Å²) in [6, 6.07) is 15.3. The summed E-state index contributed by atoms with van der Waals surface area (Å²) in [6.45, 7) is 4.63. The monoisotopic (exact) mass is 464 g/mol. The van der Waals surface area contributed by atoms with E-state index in [0.29, 0.717) is 35.0 Å². The summed E-state index contributed by atoms with van der Waals surface area (Å²) in [5, 5.41) is 0. The minimum atomic E-state index is -0.803. The standard InChI is InChI=1S/C29H27F3O2/c1-2-18-3-7-20(8-4-18)23-13-14-24(29(32)28(23)31)21-9-5-19(6-10-21)16-33-22-11-12-25(26(30)15-22)27-17-34-27/h2,5-6,9-15,18,20,27H,1,3-4,7-8,16-17H2. The molecule has 1 saturated heterocycles. The highest BCUT2D eigenvalue weighted by atomic mass is 19.2. The van der Waals surface area contributed by atoms with Gasteiger partial charge in [0.05, 0.1) is 6.61 Å². The van der Waals surface area contributed by atoms with E-state index in [4.69, 9.17) is 9.47 Å². The van der Waals surface area contributed by atoms with Gasteiger partial charge in [-0.15, -0.1) is 6.58 Å². The van der Waals surface area contributed by atoms with Gasteiger partial charge in [0, 0.05) is 17.2 Å². The third-order valence-electron chi connectivity index (χ3n) is 6.98. The number of hydrogen-bond donors (Lipinski definition) is 0. The van der Waals surface area contributed by atoms with Crippen LogP contribution in [0.25, 0.3) is 11.1 Å². The van der Waals surface area contributed by atoms with Crippen molar-refractivity contribution < 1.29 is 22.6 Å². The topological polar surface area (TPSA) is 21.8 Å². The lowest BCUT2D eigenvalue weighted by Crippen LogP contribution is -2.13. The molecule has 1 unspecified atom stereocenters. The van der Waals surface area contributed by atoms with Crippen molar-refractivity contribution in [1.82, 2.24) is 0 Å². The van der Waals surface area contributed by atoms with Gasteiger partial charge in [0.2, 0.25) is 0 Å². The summed E-state index contributed by atoms with van der Waals surface area (Å²) >= 11 is 0. The maximum Gasteiger partial charge on any atom is 0.166 e. The number of rotatable bonds is 7. The molecule has 0 amide bonds. The van der Waals surface area contributed by atoms with E-state index in [-0.39, 0.29) is 30.0 Å². The molecule has 5 rings (SSSR count). The van der Waals surface area contributed by atoms with Crippen molar-refractivity contribution in [2.24, 2.45) is 5.92 Å². The zero-order valence-electron chi connectivity index (χ0n) is 18.9. The van der Waals surface area contributed by atoms with Crippen LogP contribution in [0.3, 0.4) is 0 Å². The van der Waals surface area contributed by atoms with E-state index >= 15 is 0 Å². The first-order chi connectivity index (χ1) is 16.5. The van der Waals surface area contributed by atoms with Crippen molar-refractivity contribution in [3.05, 3.63) is 101 Å². The Labute approximate surface area is 198 Å². The number of halogens is 3. The first kappa shape index (κ1) is 22.7. The molecule has 1 aliphatic heterocycles. The summed E-state index contributed by atoms with van der Waals surface area (Å²) in [6.07, 6.45) is 5.44. The van der Waals surface area contributed by atoms with Crippen LogP contribution < -0.4 is 4.74 Å². The van der Waals surface area contributed by atoms with Gasteiger partial charge < -0.3 is 9.47 Å². The lowest BCUT2D eigenvalue weighted by molar-refractivity contribution is 0.304. The molecule has 1 aliphatic carbocycles. The van der Waals surface area contributed by atoms with Crippen molar-refractivity contribution >= 4 is 0 Å². The van der Waals surface area contributed by atoms with Crippen molar-refractivity contribution in [2.45, 2.75) is 44.3 Å². The molecule has 0 aromatic heterocycles. The predicted molar refractivity (Wildman–Crippen MR) is 126 cm³/mol. The number of allylic oxidation sites excluding steroid dienone is 1. The van der Waals surface area contributed by atoms with E-state index < -0.39 is 11.6 Å². The molecule has 0 spiro atoms. The van der Waals surface area contributed by atoms with E-state index in [1.165, 1.54) is 6.07 Å². The van der Waals surface area contributed by atoms with E-state index in [0.717, 1.165) is 31.2 Å². The van der Waals surface area contributed by atoms with E-state index in [1.54, 1.807) is 48.5 Å². The second kappa shape index (κ2) is 9.67. The van der Waals surface area contributed by atoms with Gasteiger partial charge in [-0.3, -0.25) is 0 Å². The van der Waals surface area contributed by atoms with Crippen molar-refractivity contribution in [1.29, 1.82) is 0 Å². The van der Waals surface area contributed by atoms with Gasteiger partial charge in [0.15, 0.2) is 11.6 Å². The molecule has 1 heterocycles. The molecule has 2 aliphatic rings. The maximum absolute atomic E-state index is 15.0. The molecule has 0 radical (unpaired) electrons. The first-order valence-corrected chi connectivity index (χ1v) is 11.8. The molecule has 0 N–H and O–H groups in total. The molecule has 1 atom stereocenters. The number of hydrogen-bond acceptors (Lipinski definition) is 2. The molecule has 3 aromatic rings. The third kappa shape index (κ3) is 4.76. The zero-order valence-corrected chi connectivity index (χ0v) is 18.9. The fourth-order valence-corrected chi connectivity index (χ4v) is 4.80. The second-order valence-electron chi connectivity index (χ2n) is 9.17. The third-order valence-corrected chi connectivity index (χ3v) is 6.98. The maximum atomic E-state index is 15.0. The highest BCUT2D eigenvalue weighted by Gasteiger charge is 2.28. The van der Waals surface area contributed by atoms with Crippen LogP contribution >= 0.6 is 0 Å². The lowest BCUT2D eigenvalue weighted by atomic mass is 9.78. The van der Waals surface area contributed by atoms with Gasteiger partial charge in [-0.1, -0.05) is 42.5 Å². The van der Waals surface area contributed by atoms with Gasteiger partial charge in [0.25, 0.3) is 0 Å². The van der Waals surface area contributed by atoms with Crippen LogP contribution in [0.4, 0.5) is 13.2 Å². The average Bonchev–Trinajstić information content (AvgIpc) is 3.70. The van der Waals surface area contributed by atoms with Gasteiger partial charge in [-0.25, -0.2) is 13.2 Å². The van der Waals surface area contributed by atoms with Crippen LogP contribution in [0, 0.1) is 23.4 Å². The van der Waals surface area contributed by atoms with E-state index in [1.807, 2.05) is 6.08 Å². The minimum Gasteiger partial charge on any atom is -0.489 e. The van der Waals surface area contributed by atoms with Gasteiger partial charge >= 0.3 is 0 Å². The molecule has 5 heteroatoms. The van der Waals surface area contributed by atoms with Gasteiger partial charge in [0.1, 0.15) is 24.3 Å². The van der Waals surface area contributed by atoms with Crippen molar-refractivity contribution in [3.8, 4) is 16.9 Å². The summed E-state index contributed by atoms with van der Waals surface area (Å²) in [5.41, 5.74) is 2.70. The highest BCUT2D eigenvalue weighted by molar-refractivity contribution is 5.65. The SMILES string of the molecule is C=CC1CCC(c2ccc(-c3ccc(COc4ccc(C5CO5)c(F)c4)cc3)c(F)c2F)CC1. The number of benzene rings is 3. The fourth-order valence-electron chi connectivity index (χ4n) is 4.80. The Hall–Kier alpha value is -3.05. The molecule has 2 fully saturated rings. The van der Waals surface area contributed by atoms with E-state index in [2.05, 4.69) is 6.58 Å². The van der Waals surface area contributed by atoms with Crippen molar-refractivity contribution in [2.75, 3.05) is 6.61 Å². The van der Waals surface area contributed by atoms with Crippen LogP contribution in [-0.2, 0) is 11.3 Å². The quantitative estimate of drug-likeness (QED) is 0.262. The van der Waals surface area contributed by atoms with Crippen LogP contribution in [0.5, 0.6) is 5.75 Å². The number of ether oxygens (including phenoxy) is 2. The number of epoxide rings is 1. The molecular weight excluding hydrogens is 437 g/mol. The molecule has 3 aromatic carbocycles. The highest BCUT2D eigenvalue weighted by Crippen LogP contribution is 2.39. The largest absolute Gasteiger partial charge is 0.489 e. The van der Waals surface area contributed by atoms with Crippen LogP contribution in [0.1, 0.15) is 54.4 Å². The summed E-state index contributed by atoms with van der Waals surface area (Å²) in [5.74, 6) is -0.935. The summed E-state index contributed by atoms with van der Waals surface area (Å²) in [4.78, 5) is 0. The Morgan fingerprint density at radius 1 is 0.882 bits per heavy atom. The Morgan fingerprint density at radius 3 is 2.24 bits per heavy atom. The Kier molecular flexibility index (Phi) is 6.46. The molecule has 0 bridgehead atoms. The average molecular weight is 465 g/mol. The predicted octanol–water partition coefficient (Wildman–Crippen LogP) is 7.88. The van der Waals surface area contributed by atoms with Gasteiger partial charge in [-0.05, 0) is 66.3 Å². The van der Waals surface area contributed by atoms with Crippen LogP contribution in [0.15, 0.2) is 67.3 Å². The molecular formula is C29H27F3O2. The first-order valence-electron chi connectivity index (χ1n) is 11.8. The molecule has 34 heavy (non-hydrogen) atoms. The van der Waals surface area contributed by atoms with E-state index in [9.17, 15) is 13.2 Å². The zero-order chi connectivity index (χ0) is 23.7. The molecule has 176 valence electrons. The normalized spacial score (nSPS) is 21.8. The molecule has 1 saturated carbocycles. The lowest BCUT2D eigenvalue weighted by Gasteiger charge is -2.27. The van der Waals surface area contributed by atoms with Crippen molar-refractivity contribution in [3.63, 3.8) is 0 Å². The Bertz CT molecular complexity index is 1180. The fraction of sp³-hybridized carbons (Fsp3) is 0.310. The van der Waals surface area contributed by atoms with Crippen LogP contribution in [-0.4, -0.2) is 6.61 Å². The molecule has 2 nitrogen and oxygen atoms in total. The second-order valence-corrected chi connectivity index (χ2v) is 9.17. The smallest absolute Gasteiger partial charge is 0.166 e. The summed E-state index contributed by atoms with van der Waals surface area (Å²) in [7, 11) is 0. The minimum absolute atomic E-state index is 0.0509. The Morgan fingerprint density at radius 2 is 1.59 bits per heavy atom. The van der Waals surface area contributed by atoms with Gasteiger partial charge in [-0.2, -0.15) is 0 Å². The Balaban J connectivity index is 1.25.